The van der Waals surface area contributed by atoms with Gasteiger partial charge >= 0.3 is 5.91 Å². The van der Waals surface area contributed by atoms with Gasteiger partial charge in [-0.15, -0.1) is 0 Å². The van der Waals surface area contributed by atoms with Crippen LogP contribution in [0.15, 0.2) is 54.6 Å². The van der Waals surface area contributed by atoms with E-state index in [-0.39, 0.29) is 25.3 Å². The number of rotatable bonds is 9. The summed E-state index contributed by atoms with van der Waals surface area (Å²) in [5.74, 6) is -2.49. The summed E-state index contributed by atoms with van der Waals surface area (Å²) in [7, 11) is 1.22. The van der Waals surface area contributed by atoms with Gasteiger partial charge in [0.2, 0.25) is 17.6 Å². The van der Waals surface area contributed by atoms with E-state index < -0.39 is 29.7 Å². The van der Waals surface area contributed by atoms with Gasteiger partial charge in [0.1, 0.15) is 12.1 Å². The fourth-order valence-electron chi connectivity index (χ4n) is 3.63. The van der Waals surface area contributed by atoms with Crippen LogP contribution in [0.5, 0.6) is 0 Å². The van der Waals surface area contributed by atoms with Crippen molar-refractivity contribution in [2.45, 2.75) is 37.9 Å². The third-order valence-corrected chi connectivity index (χ3v) is 5.61. The molecule has 1 fully saturated rings. The fraction of sp³-hybridized carbons (Fsp3) is 0.304. The monoisotopic (exact) mass is 457 g/mol. The van der Waals surface area contributed by atoms with E-state index >= 15 is 0 Å². The van der Waals surface area contributed by atoms with Crippen LogP contribution in [0.4, 0.5) is 0 Å². The first-order valence-corrected chi connectivity index (χ1v) is 10.5. The van der Waals surface area contributed by atoms with Crippen LogP contribution >= 0.6 is 11.6 Å². The van der Waals surface area contributed by atoms with Gasteiger partial charge in [0.05, 0.1) is 7.11 Å². The summed E-state index contributed by atoms with van der Waals surface area (Å²) in [5, 5.41) is 3.07. The standard InChI is InChI=1S/C23H24ClN3O5/c1-32-26-22(30)21(29)19(13-15-7-3-2-4-8-15)27(14-16-9-5-6-10-17(16)24)23(31)18-11-12-20(28)25-18/h2-10,18-19H,11-14H2,1H3,(H,25,28)(H,26,30). The highest BCUT2D eigenvalue weighted by Crippen LogP contribution is 2.23. The summed E-state index contributed by atoms with van der Waals surface area (Å²) in [4.78, 5) is 56.6. The molecule has 2 unspecified atom stereocenters. The summed E-state index contributed by atoms with van der Waals surface area (Å²) < 4.78 is 0. The van der Waals surface area contributed by atoms with E-state index in [1.54, 1.807) is 24.3 Å². The Morgan fingerprint density at radius 3 is 2.47 bits per heavy atom. The van der Waals surface area contributed by atoms with Crippen LogP contribution in [0, 0.1) is 0 Å². The number of amides is 3. The molecule has 32 heavy (non-hydrogen) atoms. The third-order valence-electron chi connectivity index (χ3n) is 5.24. The number of carbonyl (C=O) groups is 4. The number of halogens is 1. The van der Waals surface area contributed by atoms with Crippen molar-refractivity contribution < 1.29 is 24.0 Å². The predicted octanol–water partition coefficient (Wildman–Crippen LogP) is 1.81. The lowest BCUT2D eigenvalue weighted by atomic mass is 9.98. The van der Waals surface area contributed by atoms with Crippen LogP contribution in [-0.4, -0.2) is 47.6 Å². The van der Waals surface area contributed by atoms with E-state index in [1.165, 1.54) is 12.0 Å². The molecule has 2 aromatic rings. The molecule has 0 aromatic heterocycles. The van der Waals surface area contributed by atoms with Gasteiger partial charge in [-0.1, -0.05) is 60.1 Å². The Hall–Kier alpha value is -3.23. The van der Waals surface area contributed by atoms with E-state index in [1.807, 2.05) is 35.8 Å². The first-order chi connectivity index (χ1) is 15.4. The lowest BCUT2D eigenvalue weighted by molar-refractivity contribution is -0.151. The number of hydroxylamine groups is 1. The minimum atomic E-state index is -1.13. The fourth-order valence-corrected chi connectivity index (χ4v) is 3.82. The summed E-state index contributed by atoms with van der Waals surface area (Å²) in [5.41, 5.74) is 3.42. The Labute approximate surface area is 190 Å². The molecule has 0 radical (unpaired) electrons. The van der Waals surface area contributed by atoms with Crippen molar-refractivity contribution in [2.24, 2.45) is 0 Å². The van der Waals surface area contributed by atoms with E-state index in [4.69, 9.17) is 11.6 Å². The highest BCUT2D eigenvalue weighted by Gasteiger charge is 2.39. The summed E-state index contributed by atoms with van der Waals surface area (Å²) >= 11 is 6.32. The molecule has 8 nitrogen and oxygen atoms in total. The van der Waals surface area contributed by atoms with Gasteiger partial charge in [0.15, 0.2) is 0 Å². The Balaban J connectivity index is 2.00. The molecule has 0 aliphatic carbocycles. The molecule has 1 saturated heterocycles. The molecule has 0 saturated carbocycles. The number of hydrogen-bond donors (Lipinski definition) is 2. The van der Waals surface area contributed by atoms with E-state index in [0.29, 0.717) is 17.0 Å². The molecule has 2 N–H and O–H groups in total. The van der Waals surface area contributed by atoms with Crippen molar-refractivity contribution in [1.29, 1.82) is 0 Å². The Morgan fingerprint density at radius 2 is 1.84 bits per heavy atom. The van der Waals surface area contributed by atoms with E-state index in [0.717, 1.165) is 5.56 Å². The lowest BCUT2D eigenvalue weighted by Crippen LogP contribution is -2.54. The minimum absolute atomic E-state index is 0.00558. The van der Waals surface area contributed by atoms with Crippen LogP contribution in [0.25, 0.3) is 0 Å². The van der Waals surface area contributed by atoms with Gasteiger partial charge in [0.25, 0.3) is 0 Å². The minimum Gasteiger partial charge on any atom is -0.344 e. The van der Waals surface area contributed by atoms with Gasteiger partial charge in [-0.25, -0.2) is 5.48 Å². The molecule has 9 heteroatoms. The van der Waals surface area contributed by atoms with E-state index in [2.05, 4.69) is 10.2 Å². The number of carbonyl (C=O) groups excluding carboxylic acids is 4. The van der Waals surface area contributed by atoms with Crippen LogP contribution in [0.1, 0.15) is 24.0 Å². The molecule has 0 spiro atoms. The van der Waals surface area contributed by atoms with Crippen LogP contribution in [0.3, 0.4) is 0 Å². The quantitative estimate of drug-likeness (QED) is 0.441. The van der Waals surface area contributed by atoms with Crippen LogP contribution in [0.2, 0.25) is 5.02 Å². The SMILES string of the molecule is CONC(=O)C(=O)C(Cc1ccccc1)N(Cc1ccccc1Cl)C(=O)C1CCC(=O)N1. The Morgan fingerprint density at radius 1 is 1.16 bits per heavy atom. The number of Topliss-reactive ketones (excluding diaryl/α,β-unsaturated/α-hetero) is 1. The first-order valence-electron chi connectivity index (χ1n) is 10.1. The largest absolute Gasteiger partial charge is 0.344 e. The number of nitrogens with one attached hydrogen (secondary N) is 2. The van der Waals surface area contributed by atoms with Gasteiger partial charge in [-0.05, 0) is 23.6 Å². The molecule has 3 rings (SSSR count). The van der Waals surface area contributed by atoms with Crippen molar-refractivity contribution >= 4 is 35.1 Å². The molecule has 168 valence electrons. The highest BCUT2D eigenvalue weighted by molar-refractivity contribution is 6.38. The third kappa shape index (κ3) is 5.72. The average Bonchev–Trinajstić information content (AvgIpc) is 3.23. The van der Waals surface area contributed by atoms with Crippen molar-refractivity contribution in [3.63, 3.8) is 0 Å². The average molecular weight is 458 g/mol. The summed E-state index contributed by atoms with van der Waals surface area (Å²) in [6.45, 7) is -0.00558. The van der Waals surface area contributed by atoms with Gasteiger partial charge < -0.3 is 10.2 Å². The molecule has 1 aliphatic heterocycles. The maximum Gasteiger partial charge on any atom is 0.313 e. The first kappa shape index (κ1) is 23.4. The zero-order valence-electron chi connectivity index (χ0n) is 17.5. The number of benzene rings is 2. The second-order valence-electron chi connectivity index (χ2n) is 7.42. The second-order valence-corrected chi connectivity index (χ2v) is 7.83. The number of ketones is 1. The highest BCUT2D eigenvalue weighted by atomic mass is 35.5. The number of nitrogens with zero attached hydrogens (tertiary/aromatic N) is 1. The molecule has 2 atom stereocenters. The molecule has 1 aliphatic rings. The molecule has 3 amide bonds. The van der Waals surface area contributed by atoms with Crippen LogP contribution in [-0.2, 0) is 37.0 Å². The molecule has 0 bridgehead atoms. The van der Waals surface area contributed by atoms with E-state index in [9.17, 15) is 19.2 Å². The van der Waals surface area contributed by atoms with Crippen LogP contribution < -0.4 is 10.8 Å². The maximum absolute atomic E-state index is 13.5. The van der Waals surface area contributed by atoms with Gasteiger partial charge in [0, 0.05) is 24.4 Å². The predicted molar refractivity (Wildman–Crippen MR) is 117 cm³/mol. The summed E-state index contributed by atoms with van der Waals surface area (Å²) in [6.07, 6.45) is 0.638. The lowest BCUT2D eigenvalue weighted by Gasteiger charge is -2.33. The Bertz CT molecular complexity index is 998. The number of hydrogen-bond acceptors (Lipinski definition) is 5. The zero-order valence-corrected chi connectivity index (χ0v) is 18.3. The van der Waals surface area contributed by atoms with Crippen molar-refractivity contribution in [3.8, 4) is 0 Å². The maximum atomic E-state index is 13.5. The Kier molecular flexibility index (Phi) is 7.97. The smallest absolute Gasteiger partial charge is 0.313 e. The van der Waals surface area contributed by atoms with Crippen molar-refractivity contribution in [1.82, 2.24) is 15.7 Å². The van der Waals surface area contributed by atoms with Crippen molar-refractivity contribution in [3.05, 3.63) is 70.7 Å². The molecule has 2 aromatic carbocycles. The zero-order chi connectivity index (χ0) is 23.1. The summed E-state index contributed by atoms with van der Waals surface area (Å²) in [6, 6.07) is 14.1. The normalized spacial score (nSPS) is 16.2. The molecular weight excluding hydrogens is 434 g/mol. The molecular formula is C23H24ClN3O5. The van der Waals surface area contributed by atoms with Gasteiger partial charge in [-0.2, -0.15) is 0 Å². The molecule has 1 heterocycles. The topological polar surface area (TPSA) is 105 Å². The second kappa shape index (κ2) is 10.9. The van der Waals surface area contributed by atoms with Crippen molar-refractivity contribution in [2.75, 3.05) is 7.11 Å². The van der Waals surface area contributed by atoms with Gasteiger partial charge in [-0.3, -0.25) is 24.0 Å².